The lowest BCUT2D eigenvalue weighted by atomic mass is 9.93. The zero-order chi connectivity index (χ0) is 21.1. The van der Waals surface area contributed by atoms with Crippen molar-refractivity contribution in [2.75, 3.05) is 20.2 Å². The van der Waals surface area contributed by atoms with Crippen LogP contribution in [0.3, 0.4) is 0 Å². The number of aromatic amines is 1. The second kappa shape index (κ2) is 8.14. The third kappa shape index (κ3) is 3.98. The van der Waals surface area contributed by atoms with Crippen LogP contribution in [0, 0.1) is 0 Å². The van der Waals surface area contributed by atoms with Crippen LogP contribution >= 0.6 is 0 Å². The Labute approximate surface area is 173 Å². The molecule has 1 unspecified atom stereocenters. The molecule has 7 nitrogen and oxygen atoms in total. The first-order valence-electron chi connectivity index (χ1n) is 9.81. The van der Waals surface area contributed by atoms with E-state index in [1.54, 1.807) is 43.8 Å². The third-order valence-corrected chi connectivity index (χ3v) is 5.37. The first kappa shape index (κ1) is 19.9. The molecule has 4 rings (SSSR count). The molecular formula is C22H23FN4O3. The van der Waals surface area contributed by atoms with E-state index in [9.17, 15) is 9.59 Å². The topological polar surface area (TPSA) is 87.3 Å². The van der Waals surface area contributed by atoms with Crippen LogP contribution in [-0.4, -0.2) is 52.6 Å². The minimum absolute atomic E-state index is 0.0829. The highest BCUT2D eigenvalue weighted by Gasteiger charge is 2.44. The number of hydrogen-bond acceptors (Lipinski definition) is 4. The standard InChI is InChI=1S/C22H23FN4O3/c1-30-17-5-6-18-16(10-17)11-19(26-18)20(28)27-9-3-7-22(23,14-27)21(29)25-13-15-4-2-8-24-12-15/h2,4-6,8,10-12,26H,3,7,9,13-14H2,1H3,(H,25,29). The third-order valence-electron chi connectivity index (χ3n) is 5.37. The Bertz CT molecular complexity index is 1070. The average molecular weight is 410 g/mol. The van der Waals surface area contributed by atoms with E-state index in [-0.39, 0.29) is 25.4 Å². The number of nitrogens with zero attached hydrogens (tertiary/aromatic N) is 2. The van der Waals surface area contributed by atoms with Crippen LogP contribution in [0.5, 0.6) is 5.75 Å². The maximum atomic E-state index is 15.4. The van der Waals surface area contributed by atoms with Crippen LogP contribution in [0.25, 0.3) is 10.9 Å². The van der Waals surface area contributed by atoms with E-state index in [4.69, 9.17) is 4.74 Å². The minimum atomic E-state index is -2.12. The lowest BCUT2D eigenvalue weighted by Crippen LogP contribution is -2.55. The number of aromatic nitrogens is 2. The molecule has 0 spiro atoms. The average Bonchev–Trinajstić information content (AvgIpc) is 3.20. The number of ether oxygens (including phenoxy) is 1. The fourth-order valence-corrected chi connectivity index (χ4v) is 3.74. The molecule has 3 heterocycles. The Morgan fingerprint density at radius 1 is 1.33 bits per heavy atom. The van der Waals surface area contributed by atoms with Gasteiger partial charge in [0.25, 0.3) is 11.8 Å². The number of carbonyl (C=O) groups excluding carboxylic acids is 2. The molecule has 0 bridgehead atoms. The number of methoxy groups -OCH3 is 1. The summed E-state index contributed by atoms with van der Waals surface area (Å²) in [6.45, 7) is 0.318. The van der Waals surface area contributed by atoms with E-state index >= 15 is 4.39 Å². The Morgan fingerprint density at radius 3 is 2.97 bits per heavy atom. The molecule has 1 aliphatic rings. The SMILES string of the molecule is COc1ccc2[nH]c(C(=O)N3CCCC(F)(C(=O)NCc4cccnc4)C3)cc2c1. The second-order valence-electron chi connectivity index (χ2n) is 7.48. The Morgan fingerprint density at radius 2 is 2.20 bits per heavy atom. The summed E-state index contributed by atoms with van der Waals surface area (Å²) in [4.78, 5) is 34.0. The molecule has 1 atom stereocenters. The van der Waals surface area contributed by atoms with Gasteiger partial charge in [0.2, 0.25) is 5.67 Å². The highest BCUT2D eigenvalue weighted by atomic mass is 19.1. The van der Waals surface area contributed by atoms with Crippen LogP contribution < -0.4 is 10.1 Å². The number of carbonyl (C=O) groups is 2. The molecule has 2 aromatic heterocycles. The summed E-state index contributed by atoms with van der Waals surface area (Å²) >= 11 is 0. The second-order valence-corrected chi connectivity index (χ2v) is 7.48. The fourth-order valence-electron chi connectivity index (χ4n) is 3.74. The summed E-state index contributed by atoms with van der Waals surface area (Å²) in [5.41, 5.74) is -0.187. The summed E-state index contributed by atoms with van der Waals surface area (Å²) in [5.74, 6) is -0.344. The number of nitrogens with one attached hydrogen (secondary N) is 2. The van der Waals surface area contributed by atoms with Gasteiger partial charge in [-0.25, -0.2) is 4.39 Å². The number of rotatable bonds is 5. The predicted octanol–water partition coefficient (Wildman–Crippen LogP) is 2.83. The van der Waals surface area contributed by atoms with Crippen LogP contribution in [0.2, 0.25) is 0 Å². The van der Waals surface area contributed by atoms with Crippen molar-refractivity contribution in [3.8, 4) is 5.75 Å². The monoisotopic (exact) mass is 410 g/mol. The maximum absolute atomic E-state index is 15.4. The molecular weight excluding hydrogens is 387 g/mol. The van der Waals surface area contributed by atoms with E-state index in [0.717, 1.165) is 16.5 Å². The van der Waals surface area contributed by atoms with E-state index in [2.05, 4.69) is 15.3 Å². The van der Waals surface area contributed by atoms with Gasteiger partial charge in [-0.3, -0.25) is 14.6 Å². The zero-order valence-corrected chi connectivity index (χ0v) is 16.7. The van der Waals surface area contributed by atoms with Gasteiger partial charge < -0.3 is 19.9 Å². The lowest BCUT2D eigenvalue weighted by Gasteiger charge is -2.36. The summed E-state index contributed by atoms with van der Waals surface area (Å²) in [5, 5.41) is 3.46. The Hall–Kier alpha value is -3.42. The number of benzene rings is 1. The molecule has 1 aliphatic heterocycles. The van der Waals surface area contributed by atoms with Gasteiger partial charge in [-0.05, 0) is 48.7 Å². The number of halogens is 1. The fraction of sp³-hybridized carbons (Fsp3) is 0.318. The van der Waals surface area contributed by atoms with E-state index in [0.29, 0.717) is 24.4 Å². The highest BCUT2D eigenvalue weighted by molar-refractivity contribution is 5.99. The van der Waals surface area contributed by atoms with Gasteiger partial charge in [0, 0.05) is 36.4 Å². The molecule has 1 fully saturated rings. The molecule has 2 N–H and O–H groups in total. The number of fused-ring (bicyclic) bond motifs is 1. The summed E-state index contributed by atoms with van der Waals surface area (Å²) in [6.07, 6.45) is 3.75. The van der Waals surface area contributed by atoms with Gasteiger partial charge in [0.05, 0.1) is 13.7 Å². The van der Waals surface area contributed by atoms with E-state index in [1.165, 1.54) is 4.90 Å². The number of alkyl halides is 1. The van der Waals surface area contributed by atoms with Crippen LogP contribution in [-0.2, 0) is 11.3 Å². The van der Waals surface area contributed by atoms with Crippen LogP contribution in [0.4, 0.5) is 4.39 Å². The molecule has 0 radical (unpaired) electrons. The van der Waals surface area contributed by atoms with Crippen molar-refractivity contribution >= 4 is 22.7 Å². The molecule has 1 aromatic carbocycles. The van der Waals surface area contributed by atoms with Gasteiger partial charge in [-0.15, -0.1) is 0 Å². The number of piperidine rings is 1. The van der Waals surface area contributed by atoms with E-state index in [1.807, 2.05) is 12.1 Å². The highest BCUT2D eigenvalue weighted by Crippen LogP contribution is 2.28. The molecule has 8 heteroatoms. The molecule has 0 aliphatic carbocycles. The predicted molar refractivity (Wildman–Crippen MR) is 110 cm³/mol. The van der Waals surface area contributed by atoms with Gasteiger partial charge in [-0.1, -0.05) is 6.07 Å². The molecule has 156 valence electrons. The molecule has 30 heavy (non-hydrogen) atoms. The molecule has 0 saturated carbocycles. The summed E-state index contributed by atoms with van der Waals surface area (Å²) < 4.78 is 20.7. The van der Waals surface area contributed by atoms with Gasteiger partial charge in [0.1, 0.15) is 11.4 Å². The smallest absolute Gasteiger partial charge is 0.270 e. The van der Waals surface area contributed by atoms with Crippen LogP contribution in [0.15, 0.2) is 48.8 Å². The Balaban J connectivity index is 1.46. The minimum Gasteiger partial charge on any atom is -0.497 e. The number of H-pyrrole nitrogens is 1. The van der Waals surface area contributed by atoms with Crippen molar-refractivity contribution in [3.05, 3.63) is 60.0 Å². The van der Waals surface area contributed by atoms with Gasteiger partial charge in [0.15, 0.2) is 0 Å². The van der Waals surface area contributed by atoms with E-state index < -0.39 is 11.6 Å². The van der Waals surface area contributed by atoms with Crippen molar-refractivity contribution in [1.29, 1.82) is 0 Å². The number of amides is 2. The van der Waals surface area contributed by atoms with Crippen molar-refractivity contribution in [1.82, 2.24) is 20.2 Å². The van der Waals surface area contributed by atoms with Crippen molar-refractivity contribution in [3.63, 3.8) is 0 Å². The molecule has 2 amide bonds. The molecule has 3 aromatic rings. The first-order chi connectivity index (χ1) is 14.5. The van der Waals surface area contributed by atoms with Crippen LogP contribution in [0.1, 0.15) is 28.9 Å². The molecule has 1 saturated heterocycles. The number of hydrogen-bond donors (Lipinski definition) is 2. The van der Waals surface area contributed by atoms with Crippen molar-refractivity contribution < 1.29 is 18.7 Å². The first-order valence-corrected chi connectivity index (χ1v) is 9.81. The summed E-state index contributed by atoms with van der Waals surface area (Å²) in [7, 11) is 1.58. The zero-order valence-electron chi connectivity index (χ0n) is 16.7. The Kier molecular flexibility index (Phi) is 5.39. The summed E-state index contributed by atoms with van der Waals surface area (Å²) in [6, 6.07) is 10.7. The van der Waals surface area contributed by atoms with Gasteiger partial charge >= 0.3 is 0 Å². The quantitative estimate of drug-likeness (QED) is 0.677. The lowest BCUT2D eigenvalue weighted by molar-refractivity contribution is -0.136. The van der Waals surface area contributed by atoms with Gasteiger partial charge in [-0.2, -0.15) is 0 Å². The normalized spacial score (nSPS) is 18.9. The maximum Gasteiger partial charge on any atom is 0.270 e. The number of pyridine rings is 1. The number of likely N-dealkylation sites (tertiary alicyclic amines) is 1. The van der Waals surface area contributed by atoms with Crippen molar-refractivity contribution in [2.24, 2.45) is 0 Å². The largest absolute Gasteiger partial charge is 0.497 e. The van der Waals surface area contributed by atoms with Crippen molar-refractivity contribution in [2.45, 2.75) is 25.1 Å².